The van der Waals surface area contributed by atoms with Crippen molar-refractivity contribution in [1.82, 2.24) is 9.21 Å². The number of hydrogen-bond donors (Lipinski definition) is 0. The van der Waals surface area contributed by atoms with Crippen molar-refractivity contribution in [2.24, 2.45) is 5.41 Å². The summed E-state index contributed by atoms with van der Waals surface area (Å²) in [5, 5.41) is 8.57. The third kappa shape index (κ3) is 4.62. The molecule has 6 heteroatoms. The van der Waals surface area contributed by atoms with Gasteiger partial charge in [0.05, 0.1) is 18.4 Å². The monoisotopic (exact) mass is 259 g/mol. The van der Waals surface area contributed by atoms with Crippen LogP contribution in [0.5, 0.6) is 0 Å². The number of rotatable bonds is 3. The molecule has 1 rings (SSSR count). The lowest BCUT2D eigenvalue weighted by molar-refractivity contribution is 0.205. The predicted molar refractivity (Wildman–Crippen MR) is 66.9 cm³/mol. The van der Waals surface area contributed by atoms with Gasteiger partial charge in [-0.3, -0.25) is 4.90 Å². The van der Waals surface area contributed by atoms with Gasteiger partial charge in [0, 0.05) is 26.2 Å². The number of hydrogen-bond acceptors (Lipinski definition) is 4. The SMILES string of the molecule is CC(C)(C)CS(=O)(=O)N1CCN(CC#N)CC1. The topological polar surface area (TPSA) is 64.4 Å². The van der Waals surface area contributed by atoms with E-state index in [-0.39, 0.29) is 11.2 Å². The Kier molecular flexibility index (Phi) is 4.53. The van der Waals surface area contributed by atoms with Crippen LogP contribution in [0.1, 0.15) is 20.8 Å². The molecule has 98 valence electrons. The van der Waals surface area contributed by atoms with Crippen LogP contribution in [-0.2, 0) is 10.0 Å². The van der Waals surface area contributed by atoms with Crippen LogP contribution in [0, 0.1) is 16.7 Å². The van der Waals surface area contributed by atoms with Gasteiger partial charge < -0.3 is 0 Å². The molecule has 0 bridgehead atoms. The van der Waals surface area contributed by atoms with Crippen LogP contribution in [-0.4, -0.2) is 56.1 Å². The minimum atomic E-state index is -3.16. The summed E-state index contributed by atoms with van der Waals surface area (Å²) in [6.07, 6.45) is 0. The first-order valence-electron chi connectivity index (χ1n) is 5.82. The highest BCUT2D eigenvalue weighted by atomic mass is 32.2. The van der Waals surface area contributed by atoms with Crippen molar-refractivity contribution in [2.75, 3.05) is 38.5 Å². The van der Waals surface area contributed by atoms with Crippen molar-refractivity contribution in [3.63, 3.8) is 0 Å². The van der Waals surface area contributed by atoms with Crippen LogP contribution < -0.4 is 0 Å². The molecule has 1 heterocycles. The van der Waals surface area contributed by atoms with Gasteiger partial charge in [-0.15, -0.1) is 0 Å². The molecule has 0 radical (unpaired) electrons. The third-order valence-electron chi connectivity index (χ3n) is 2.63. The third-order valence-corrected chi connectivity index (χ3v) is 5.02. The summed E-state index contributed by atoms with van der Waals surface area (Å²) in [5.41, 5.74) is -0.220. The van der Waals surface area contributed by atoms with E-state index in [2.05, 4.69) is 6.07 Å². The molecule has 17 heavy (non-hydrogen) atoms. The number of piperazine rings is 1. The van der Waals surface area contributed by atoms with Crippen molar-refractivity contribution in [3.05, 3.63) is 0 Å². The Labute approximate surface area is 104 Å². The van der Waals surface area contributed by atoms with E-state index in [0.717, 1.165) is 0 Å². The summed E-state index contributed by atoms with van der Waals surface area (Å²) in [5.74, 6) is 0.179. The lowest BCUT2D eigenvalue weighted by atomic mass is 10.0. The molecule has 0 N–H and O–H groups in total. The maximum atomic E-state index is 12.1. The van der Waals surface area contributed by atoms with Crippen LogP contribution in [0.15, 0.2) is 0 Å². The van der Waals surface area contributed by atoms with Crippen LogP contribution >= 0.6 is 0 Å². The molecule has 5 nitrogen and oxygen atoms in total. The zero-order chi connectivity index (χ0) is 13.1. The van der Waals surface area contributed by atoms with E-state index in [1.807, 2.05) is 25.7 Å². The highest BCUT2D eigenvalue weighted by molar-refractivity contribution is 7.89. The Morgan fingerprint density at radius 1 is 1.18 bits per heavy atom. The average Bonchev–Trinajstić information content (AvgIpc) is 2.15. The van der Waals surface area contributed by atoms with Gasteiger partial charge >= 0.3 is 0 Å². The standard InChI is InChI=1S/C11H21N3O2S/c1-11(2,3)10-17(15,16)14-8-6-13(5-4-12)7-9-14/h5-10H2,1-3H3. The molecule has 0 unspecified atom stereocenters. The van der Waals surface area contributed by atoms with Gasteiger partial charge in [-0.1, -0.05) is 20.8 Å². The minimum Gasteiger partial charge on any atom is -0.288 e. The first-order valence-corrected chi connectivity index (χ1v) is 7.43. The molecule has 0 atom stereocenters. The van der Waals surface area contributed by atoms with Gasteiger partial charge in [0.25, 0.3) is 0 Å². The Balaban J connectivity index is 2.57. The maximum Gasteiger partial charge on any atom is 0.214 e. The summed E-state index contributed by atoms with van der Waals surface area (Å²) >= 11 is 0. The predicted octanol–water partition coefficient (Wildman–Crippen LogP) is 0.503. The fourth-order valence-corrected chi connectivity index (χ4v) is 3.90. The van der Waals surface area contributed by atoms with E-state index in [1.165, 1.54) is 0 Å². The number of nitrogens with zero attached hydrogens (tertiary/aromatic N) is 3. The van der Waals surface area contributed by atoms with Crippen molar-refractivity contribution >= 4 is 10.0 Å². The Morgan fingerprint density at radius 3 is 2.12 bits per heavy atom. The number of sulfonamides is 1. The van der Waals surface area contributed by atoms with Crippen molar-refractivity contribution in [1.29, 1.82) is 5.26 Å². The molecule has 0 aromatic heterocycles. The normalized spacial score (nSPS) is 20.1. The van der Waals surface area contributed by atoms with Gasteiger partial charge in [0.15, 0.2) is 0 Å². The molecule has 1 aliphatic heterocycles. The maximum absolute atomic E-state index is 12.1. The van der Waals surface area contributed by atoms with Crippen LogP contribution in [0.2, 0.25) is 0 Å². The van der Waals surface area contributed by atoms with Gasteiger partial charge in [-0.2, -0.15) is 9.57 Å². The zero-order valence-electron chi connectivity index (χ0n) is 10.8. The Hall–Kier alpha value is -0.640. The van der Waals surface area contributed by atoms with E-state index in [9.17, 15) is 8.42 Å². The van der Waals surface area contributed by atoms with Crippen LogP contribution in [0.4, 0.5) is 0 Å². The molecule has 0 aromatic carbocycles. The largest absolute Gasteiger partial charge is 0.288 e. The lowest BCUT2D eigenvalue weighted by Crippen LogP contribution is -2.50. The molecule has 0 aliphatic carbocycles. The van der Waals surface area contributed by atoms with Gasteiger partial charge in [0.2, 0.25) is 10.0 Å². The second-order valence-corrected chi connectivity index (χ2v) is 7.62. The van der Waals surface area contributed by atoms with Gasteiger partial charge in [0.1, 0.15) is 0 Å². The number of nitriles is 1. The van der Waals surface area contributed by atoms with E-state index < -0.39 is 10.0 Å². The second-order valence-electron chi connectivity index (χ2n) is 5.65. The molecule has 1 saturated heterocycles. The van der Waals surface area contributed by atoms with E-state index in [4.69, 9.17) is 5.26 Å². The molecule has 0 amide bonds. The summed E-state index contributed by atoms with van der Waals surface area (Å²) < 4.78 is 25.8. The molecule has 1 fully saturated rings. The first-order chi connectivity index (χ1) is 7.74. The van der Waals surface area contributed by atoms with Gasteiger partial charge in [-0.05, 0) is 5.41 Å². The molecule has 0 spiro atoms. The summed E-state index contributed by atoms with van der Waals surface area (Å²) in [4.78, 5) is 1.98. The van der Waals surface area contributed by atoms with Crippen molar-refractivity contribution < 1.29 is 8.42 Å². The van der Waals surface area contributed by atoms with Crippen molar-refractivity contribution in [3.8, 4) is 6.07 Å². The van der Waals surface area contributed by atoms with Gasteiger partial charge in [-0.25, -0.2) is 8.42 Å². The fourth-order valence-electron chi connectivity index (χ4n) is 1.90. The van der Waals surface area contributed by atoms with E-state index >= 15 is 0 Å². The molecule has 0 saturated carbocycles. The summed E-state index contributed by atoms with van der Waals surface area (Å²) in [6.45, 7) is 8.46. The quantitative estimate of drug-likeness (QED) is 0.693. The lowest BCUT2D eigenvalue weighted by Gasteiger charge is -2.34. The molecular weight excluding hydrogens is 238 g/mol. The fraction of sp³-hybridized carbons (Fsp3) is 0.909. The first kappa shape index (κ1) is 14.4. The highest BCUT2D eigenvalue weighted by Crippen LogP contribution is 2.19. The van der Waals surface area contributed by atoms with E-state index in [1.54, 1.807) is 4.31 Å². The van der Waals surface area contributed by atoms with Crippen LogP contribution in [0.3, 0.4) is 0 Å². The average molecular weight is 259 g/mol. The van der Waals surface area contributed by atoms with E-state index in [0.29, 0.717) is 32.7 Å². The summed E-state index contributed by atoms with van der Waals surface area (Å²) in [7, 11) is -3.16. The minimum absolute atomic E-state index is 0.179. The molecule has 0 aromatic rings. The molecule has 1 aliphatic rings. The van der Waals surface area contributed by atoms with Crippen LogP contribution in [0.25, 0.3) is 0 Å². The Morgan fingerprint density at radius 2 is 1.71 bits per heavy atom. The zero-order valence-corrected chi connectivity index (χ0v) is 11.6. The highest BCUT2D eigenvalue weighted by Gasteiger charge is 2.30. The Bertz CT molecular complexity index is 384. The smallest absolute Gasteiger partial charge is 0.214 e. The second kappa shape index (κ2) is 5.34. The summed E-state index contributed by atoms with van der Waals surface area (Å²) in [6, 6.07) is 2.09. The van der Waals surface area contributed by atoms with Crippen molar-refractivity contribution in [2.45, 2.75) is 20.8 Å². The molecular formula is C11H21N3O2S.